The smallest absolute Gasteiger partial charge is 0.237 e. The minimum absolute atomic E-state index is 0.0497. The van der Waals surface area contributed by atoms with E-state index in [4.69, 9.17) is 0 Å². The summed E-state index contributed by atoms with van der Waals surface area (Å²) in [5, 5.41) is 3.15. The molecule has 3 heteroatoms. The molecular weight excluding hydrogens is 164 g/mol. The Kier molecular flexibility index (Phi) is 2.02. The Bertz CT molecular complexity index is 310. The van der Waals surface area contributed by atoms with E-state index in [0.717, 1.165) is 5.56 Å². The van der Waals surface area contributed by atoms with E-state index >= 15 is 0 Å². The van der Waals surface area contributed by atoms with Crippen LogP contribution in [0.4, 0.5) is 0 Å². The van der Waals surface area contributed by atoms with Crippen LogP contribution in [0.1, 0.15) is 11.7 Å². The molecule has 1 saturated heterocycles. The van der Waals surface area contributed by atoms with Crippen molar-refractivity contribution >= 4 is 5.91 Å². The number of likely N-dealkylation sites (N-methyl/N-ethyl adjacent to an activating group) is 1. The molecule has 0 spiro atoms. The van der Waals surface area contributed by atoms with E-state index in [1.165, 1.54) is 0 Å². The molecule has 0 aliphatic carbocycles. The van der Waals surface area contributed by atoms with Crippen LogP contribution in [-0.2, 0) is 4.79 Å². The van der Waals surface area contributed by atoms with Crippen molar-refractivity contribution in [2.24, 2.45) is 0 Å². The lowest BCUT2D eigenvalue weighted by Crippen LogP contribution is -2.25. The van der Waals surface area contributed by atoms with Crippen molar-refractivity contribution in [3.05, 3.63) is 35.9 Å². The second kappa shape index (κ2) is 3.18. The molecule has 68 valence electrons. The maximum atomic E-state index is 11.2. The zero-order valence-electron chi connectivity index (χ0n) is 7.53. The van der Waals surface area contributed by atoms with Gasteiger partial charge in [0, 0.05) is 7.05 Å². The summed E-state index contributed by atoms with van der Waals surface area (Å²) < 4.78 is 0. The fraction of sp³-hybridized carbons (Fsp3) is 0.300. The van der Waals surface area contributed by atoms with Crippen molar-refractivity contribution in [3.8, 4) is 0 Å². The van der Waals surface area contributed by atoms with Gasteiger partial charge >= 0.3 is 0 Å². The molecule has 1 aliphatic heterocycles. The van der Waals surface area contributed by atoms with Crippen molar-refractivity contribution in [1.29, 1.82) is 0 Å². The zero-order chi connectivity index (χ0) is 9.26. The van der Waals surface area contributed by atoms with E-state index in [1.807, 2.05) is 37.4 Å². The average Bonchev–Trinajstić information content (AvgIpc) is 2.49. The van der Waals surface area contributed by atoms with Gasteiger partial charge in [0.25, 0.3) is 0 Å². The van der Waals surface area contributed by atoms with Gasteiger partial charge in [-0.25, -0.2) is 0 Å². The highest BCUT2D eigenvalue weighted by atomic mass is 16.2. The molecule has 2 rings (SSSR count). The van der Waals surface area contributed by atoms with Crippen LogP contribution in [0.15, 0.2) is 30.3 Å². The Labute approximate surface area is 77.4 Å². The minimum atomic E-state index is 0.0497. The van der Waals surface area contributed by atoms with Crippen molar-refractivity contribution in [2.75, 3.05) is 13.6 Å². The van der Waals surface area contributed by atoms with Gasteiger partial charge in [0.05, 0.1) is 6.54 Å². The number of carbonyl (C=O) groups is 1. The molecule has 1 N–H and O–H groups in total. The molecule has 3 nitrogen and oxygen atoms in total. The van der Waals surface area contributed by atoms with Gasteiger partial charge < -0.3 is 4.90 Å². The summed E-state index contributed by atoms with van der Waals surface area (Å²) in [6.07, 6.45) is 0.0497. The lowest BCUT2D eigenvalue weighted by Gasteiger charge is -2.19. The number of nitrogens with zero attached hydrogens (tertiary/aromatic N) is 1. The quantitative estimate of drug-likeness (QED) is 0.684. The second-order valence-electron chi connectivity index (χ2n) is 3.20. The van der Waals surface area contributed by atoms with Crippen molar-refractivity contribution in [2.45, 2.75) is 6.17 Å². The van der Waals surface area contributed by atoms with Gasteiger partial charge in [-0.15, -0.1) is 0 Å². The third kappa shape index (κ3) is 1.42. The minimum Gasteiger partial charge on any atom is -0.325 e. The zero-order valence-corrected chi connectivity index (χ0v) is 7.53. The van der Waals surface area contributed by atoms with Crippen LogP contribution in [0.2, 0.25) is 0 Å². The normalized spacial score (nSPS) is 22.4. The average molecular weight is 176 g/mol. The van der Waals surface area contributed by atoms with Gasteiger partial charge in [-0.05, 0) is 5.56 Å². The highest BCUT2D eigenvalue weighted by Gasteiger charge is 2.27. The van der Waals surface area contributed by atoms with Crippen LogP contribution < -0.4 is 5.32 Å². The van der Waals surface area contributed by atoms with Gasteiger partial charge in [0.1, 0.15) is 6.17 Å². The summed E-state index contributed by atoms with van der Waals surface area (Å²) >= 11 is 0. The molecule has 1 amide bonds. The van der Waals surface area contributed by atoms with Crippen LogP contribution in [0.3, 0.4) is 0 Å². The van der Waals surface area contributed by atoms with Crippen molar-refractivity contribution < 1.29 is 4.79 Å². The summed E-state index contributed by atoms with van der Waals surface area (Å²) in [6, 6.07) is 9.97. The largest absolute Gasteiger partial charge is 0.325 e. The first-order valence-electron chi connectivity index (χ1n) is 4.33. The molecule has 1 aliphatic rings. The van der Waals surface area contributed by atoms with Crippen LogP contribution in [0.5, 0.6) is 0 Å². The van der Waals surface area contributed by atoms with Crippen molar-refractivity contribution in [3.63, 3.8) is 0 Å². The predicted molar refractivity (Wildman–Crippen MR) is 50.0 cm³/mol. The summed E-state index contributed by atoms with van der Waals surface area (Å²) in [6.45, 7) is 0.441. The van der Waals surface area contributed by atoms with E-state index in [0.29, 0.717) is 6.54 Å². The van der Waals surface area contributed by atoms with Crippen molar-refractivity contribution in [1.82, 2.24) is 10.2 Å². The van der Waals surface area contributed by atoms with E-state index in [2.05, 4.69) is 5.32 Å². The number of carbonyl (C=O) groups excluding carboxylic acids is 1. The third-order valence-corrected chi connectivity index (χ3v) is 2.34. The molecule has 1 aromatic carbocycles. The van der Waals surface area contributed by atoms with Crippen LogP contribution in [0, 0.1) is 0 Å². The van der Waals surface area contributed by atoms with Gasteiger partial charge in [-0.2, -0.15) is 0 Å². The Hall–Kier alpha value is -1.35. The molecule has 0 saturated carbocycles. The van der Waals surface area contributed by atoms with E-state index < -0.39 is 0 Å². The molecule has 1 atom stereocenters. The second-order valence-corrected chi connectivity index (χ2v) is 3.20. The lowest BCUT2D eigenvalue weighted by atomic mass is 10.2. The standard InChI is InChI=1S/C10H12N2O/c1-12-9(13)7-11-10(12)8-5-3-2-4-6-8/h2-6,10-11H,7H2,1H3/t10-/m0/s1. The van der Waals surface area contributed by atoms with Gasteiger partial charge in [-0.3, -0.25) is 10.1 Å². The number of nitrogens with one attached hydrogen (secondary N) is 1. The molecule has 0 aromatic heterocycles. The maximum Gasteiger partial charge on any atom is 0.237 e. The maximum absolute atomic E-state index is 11.2. The highest BCUT2D eigenvalue weighted by molar-refractivity contribution is 5.80. The summed E-state index contributed by atoms with van der Waals surface area (Å²) in [4.78, 5) is 13.0. The predicted octanol–water partition coefficient (Wildman–Crippen LogP) is 0.747. The summed E-state index contributed by atoms with van der Waals surface area (Å²) in [5.41, 5.74) is 1.14. The fourth-order valence-corrected chi connectivity index (χ4v) is 1.57. The Morgan fingerprint density at radius 1 is 1.38 bits per heavy atom. The first kappa shape index (κ1) is 8.26. The molecule has 0 unspecified atom stereocenters. The number of rotatable bonds is 1. The molecule has 1 heterocycles. The molecule has 1 fully saturated rings. The molecule has 0 radical (unpaired) electrons. The lowest BCUT2D eigenvalue weighted by molar-refractivity contribution is -0.126. The number of hydrogen-bond acceptors (Lipinski definition) is 2. The molecule has 1 aromatic rings. The Balaban J connectivity index is 2.24. The van der Waals surface area contributed by atoms with E-state index in [9.17, 15) is 4.79 Å². The molecular formula is C10H12N2O. The van der Waals surface area contributed by atoms with Crippen LogP contribution in [-0.4, -0.2) is 24.4 Å². The van der Waals surface area contributed by atoms with E-state index in [1.54, 1.807) is 4.90 Å². The first-order chi connectivity index (χ1) is 6.29. The summed E-state index contributed by atoms with van der Waals surface area (Å²) in [7, 11) is 1.82. The first-order valence-corrected chi connectivity index (χ1v) is 4.33. The SMILES string of the molecule is CN1C(=O)CN[C@@H]1c1ccccc1. The number of hydrogen-bond donors (Lipinski definition) is 1. The van der Waals surface area contributed by atoms with Gasteiger partial charge in [-0.1, -0.05) is 30.3 Å². The third-order valence-electron chi connectivity index (χ3n) is 2.34. The number of amides is 1. The summed E-state index contributed by atoms with van der Waals surface area (Å²) in [5.74, 6) is 0.147. The van der Waals surface area contributed by atoms with E-state index in [-0.39, 0.29) is 12.1 Å². The Morgan fingerprint density at radius 3 is 2.62 bits per heavy atom. The fourth-order valence-electron chi connectivity index (χ4n) is 1.57. The van der Waals surface area contributed by atoms with Crippen LogP contribution >= 0.6 is 0 Å². The molecule has 13 heavy (non-hydrogen) atoms. The monoisotopic (exact) mass is 176 g/mol. The Morgan fingerprint density at radius 2 is 2.08 bits per heavy atom. The van der Waals surface area contributed by atoms with Gasteiger partial charge in [0.15, 0.2) is 0 Å². The van der Waals surface area contributed by atoms with Crippen LogP contribution in [0.25, 0.3) is 0 Å². The van der Waals surface area contributed by atoms with Gasteiger partial charge in [0.2, 0.25) is 5.91 Å². The highest BCUT2D eigenvalue weighted by Crippen LogP contribution is 2.19. The number of benzene rings is 1. The molecule has 0 bridgehead atoms. The topological polar surface area (TPSA) is 32.3 Å².